The Morgan fingerprint density at radius 1 is 0.628 bits per heavy atom. The average Bonchev–Trinajstić information content (AvgIpc) is 2.98. The first-order valence-electron chi connectivity index (χ1n) is 13.2. The third-order valence-electron chi connectivity index (χ3n) is 5.64. The molecule has 10 nitrogen and oxygen atoms in total. The van der Waals surface area contributed by atoms with Gasteiger partial charge >= 0.3 is 23.9 Å². The zero-order valence-corrected chi connectivity index (χ0v) is 24.2. The third kappa shape index (κ3) is 10.2. The summed E-state index contributed by atoms with van der Waals surface area (Å²) >= 11 is 0. The molecule has 3 rings (SSSR count). The van der Waals surface area contributed by atoms with Crippen molar-refractivity contribution >= 4 is 23.9 Å². The molecule has 0 N–H and O–H groups in total. The molecule has 0 fully saturated rings. The largest absolute Gasteiger partial charge is 0.493 e. The van der Waals surface area contributed by atoms with Gasteiger partial charge in [-0.3, -0.25) is 0 Å². The minimum atomic E-state index is -0.598. The molecule has 43 heavy (non-hydrogen) atoms. The smallest absolute Gasteiger partial charge is 0.343 e. The molecule has 0 aliphatic rings. The van der Waals surface area contributed by atoms with Crippen LogP contribution in [0.15, 0.2) is 91.0 Å². The van der Waals surface area contributed by atoms with Gasteiger partial charge in [-0.05, 0) is 93.1 Å². The highest BCUT2D eigenvalue weighted by Gasteiger charge is 2.14. The van der Waals surface area contributed by atoms with E-state index in [-0.39, 0.29) is 30.3 Å². The van der Waals surface area contributed by atoms with Crippen LogP contribution >= 0.6 is 0 Å². The summed E-state index contributed by atoms with van der Waals surface area (Å²) < 4.78 is 31.8. The van der Waals surface area contributed by atoms with Crippen LogP contribution in [0.4, 0.5) is 0 Å². The first kappa shape index (κ1) is 32.1. The van der Waals surface area contributed by atoms with Gasteiger partial charge in [0.15, 0.2) is 0 Å². The molecule has 0 aliphatic heterocycles. The van der Waals surface area contributed by atoms with Crippen molar-refractivity contribution in [3.8, 4) is 23.0 Å². The Labute approximate surface area is 249 Å². The van der Waals surface area contributed by atoms with E-state index in [4.69, 9.17) is 28.4 Å². The summed E-state index contributed by atoms with van der Waals surface area (Å²) in [5.74, 6) is -0.642. The lowest BCUT2D eigenvalue weighted by molar-refractivity contribution is -0.145. The lowest BCUT2D eigenvalue weighted by Crippen LogP contribution is -2.11. The summed E-state index contributed by atoms with van der Waals surface area (Å²) in [6.07, 6.45) is 0.505. The predicted octanol–water partition coefficient (Wildman–Crippen LogP) is 5.78. The Morgan fingerprint density at radius 2 is 1.14 bits per heavy atom. The van der Waals surface area contributed by atoms with Crippen LogP contribution in [0, 0.1) is 6.92 Å². The van der Waals surface area contributed by atoms with Crippen molar-refractivity contribution in [2.75, 3.05) is 20.0 Å². The van der Waals surface area contributed by atoms with Crippen LogP contribution in [0.2, 0.25) is 0 Å². The Morgan fingerprint density at radius 3 is 1.70 bits per heavy atom. The highest BCUT2D eigenvalue weighted by atomic mass is 16.7. The highest BCUT2D eigenvalue weighted by molar-refractivity contribution is 5.92. The summed E-state index contributed by atoms with van der Waals surface area (Å²) in [4.78, 5) is 48.0. The van der Waals surface area contributed by atoms with Crippen LogP contribution in [0.3, 0.4) is 0 Å². The van der Waals surface area contributed by atoms with E-state index in [2.05, 4.69) is 13.2 Å². The van der Waals surface area contributed by atoms with E-state index in [0.717, 1.165) is 0 Å². The number of hydrogen-bond donors (Lipinski definition) is 0. The van der Waals surface area contributed by atoms with E-state index in [1.165, 1.54) is 31.2 Å². The standard InChI is InChI=1S/C33H32O10/c1-21(2)30(34)39-18-6-17-38-26-11-7-25(8-12-26)33(37)43-29-16-15-28(19-23(29)5)42-32(36)24-9-13-27(14-10-24)40-20-41-31(35)22(3)4/h7-16,19H,1,3,6,17-18,20H2,2,4-5H3. The molecule has 0 heterocycles. The first-order chi connectivity index (χ1) is 20.5. The molecule has 3 aromatic carbocycles. The minimum absolute atomic E-state index is 0.216. The first-order valence-corrected chi connectivity index (χ1v) is 13.2. The molecular formula is C33H32O10. The van der Waals surface area contributed by atoms with Crippen molar-refractivity contribution in [3.63, 3.8) is 0 Å². The summed E-state index contributed by atoms with van der Waals surface area (Å²) in [5.41, 5.74) is 1.77. The monoisotopic (exact) mass is 588 g/mol. The Kier molecular flexibility index (Phi) is 11.6. The van der Waals surface area contributed by atoms with Gasteiger partial charge in [-0.15, -0.1) is 0 Å². The number of esters is 4. The normalized spacial score (nSPS) is 10.2. The highest BCUT2D eigenvalue weighted by Crippen LogP contribution is 2.26. The van der Waals surface area contributed by atoms with E-state index in [1.54, 1.807) is 56.3 Å². The van der Waals surface area contributed by atoms with Crippen molar-refractivity contribution in [1.29, 1.82) is 0 Å². The predicted molar refractivity (Wildman–Crippen MR) is 156 cm³/mol. The second-order valence-electron chi connectivity index (χ2n) is 9.35. The van der Waals surface area contributed by atoms with Crippen LogP contribution in [-0.2, 0) is 19.1 Å². The summed E-state index contributed by atoms with van der Waals surface area (Å²) in [5, 5.41) is 0. The number of aryl methyl sites for hydroxylation is 1. The fourth-order valence-electron chi connectivity index (χ4n) is 3.31. The lowest BCUT2D eigenvalue weighted by Gasteiger charge is -2.11. The maximum atomic E-state index is 12.7. The van der Waals surface area contributed by atoms with E-state index in [0.29, 0.717) is 47.0 Å². The van der Waals surface area contributed by atoms with E-state index in [9.17, 15) is 19.2 Å². The molecular weight excluding hydrogens is 556 g/mol. The molecule has 0 aliphatic carbocycles. The maximum Gasteiger partial charge on any atom is 0.343 e. The summed E-state index contributed by atoms with van der Waals surface area (Å²) in [6.45, 7) is 12.1. The summed E-state index contributed by atoms with van der Waals surface area (Å²) in [7, 11) is 0. The molecule has 0 radical (unpaired) electrons. The zero-order valence-electron chi connectivity index (χ0n) is 24.2. The van der Waals surface area contributed by atoms with Gasteiger partial charge in [0.1, 0.15) is 23.0 Å². The van der Waals surface area contributed by atoms with Gasteiger partial charge in [0.05, 0.1) is 24.3 Å². The van der Waals surface area contributed by atoms with Crippen LogP contribution in [0.1, 0.15) is 46.5 Å². The molecule has 0 atom stereocenters. The molecule has 0 spiro atoms. The van der Waals surface area contributed by atoms with Gasteiger partial charge < -0.3 is 28.4 Å². The molecule has 0 aromatic heterocycles. The molecule has 0 saturated carbocycles. The molecule has 0 unspecified atom stereocenters. The van der Waals surface area contributed by atoms with Crippen LogP contribution < -0.4 is 18.9 Å². The number of carbonyl (C=O) groups is 4. The van der Waals surface area contributed by atoms with Crippen molar-refractivity contribution in [2.45, 2.75) is 27.2 Å². The second-order valence-corrected chi connectivity index (χ2v) is 9.35. The number of benzene rings is 3. The average molecular weight is 589 g/mol. The van der Waals surface area contributed by atoms with Gasteiger partial charge in [-0.25, -0.2) is 19.2 Å². The number of ether oxygens (including phenoxy) is 6. The topological polar surface area (TPSA) is 124 Å². The van der Waals surface area contributed by atoms with Crippen LogP contribution in [0.5, 0.6) is 23.0 Å². The Hall–Kier alpha value is -5.38. The SMILES string of the molecule is C=C(C)C(=O)OCCCOc1ccc(C(=O)Oc2ccc(OC(=O)c3ccc(OCOC(=O)C(=C)C)cc3)cc2C)cc1. The van der Waals surface area contributed by atoms with Crippen molar-refractivity contribution in [2.24, 2.45) is 0 Å². The van der Waals surface area contributed by atoms with E-state index >= 15 is 0 Å². The third-order valence-corrected chi connectivity index (χ3v) is 5.64. The second kappa shape index (κ2) is 15.6. The van der Waals surface area contributed by atoms with Crippen molar-refractivity contribution in [1.82, 2.24) is 0 Å². The zero-order chi connectivity index (χ0) is 31.4. The van der Waals surface area contributed by atoms with Gasteiger partial charge in [0.25, 0.3) is 0 Å². The fourth-order valence-corrected chi connectivity index (χ4v) is 3.31. The van der Waals surface area contributed by atoms with Gasteiger partial charge in [-0.1, -0.05) is 13.2 Å². The van der Waals surface area contributed by atoms with Gasteiger partial charge in [0, 0.05) is 17.6 Å². The maximum absolute atomic E-state index is 12.7. The molecule has 0 bridgehead atoms. The molecule has 0 amide bonds. The molecule has 10 heteroatoms. The Bertz CT molecular complexity index is 1490. The van der Waals surface area contributed by atoms with Gasteiger partial charge in [0.2, 0.25) is 6.79 Å². The number of hydrogen-bond acceptors (Lipinski definition) is 10. The van der Waals surface area contributed by atoms with Crippen molar-refractivity contribution in [3.05, 3.63) is 108 Å². The molecule has 3 aromatic rings. The van der Waals surface area contributed by atoms with Crippen LogP contribution in [-0.4, -0.2) is 43.9 Å². The minimum Gasteiger partial charge on any atom is -0.493 e. The molecule has 224 valence electrons. The number of carbonyl (C=O) groups excluding carboxylic acids is 4. The van der Waals surface area contributed by atoms with E-state index in [1.807, 2.05) is 0 Å². The Balaban J connectivity index is 1.47. The number of rotatable bonds is 14. The lowest BCUT2D eigenvalue weighted by atomic mass is 10.2. The fraction of sp³-hybridized carbons (Fsp3) is 0.212. The molecule has 0 saturated heterocycles. The van der Waals surface area contributed by atoms with E-state index < -0.39 is 23.9 Å². The van der Waals surface area contributed by atoms with Gasteiger partial charge in [-0.2, -0.15) is 0 Å². The van der Waals surface area contributed by atoms with Crippen molar-refractivity contribution < 1.29 is 47.6 Å². The summed E-state index contributed by atoms with van der Waals surface area (Å²) in [6, 6.07) is 17.2. The van der Waals surface area contributed by atoms with Crippen LogP contribution in [0.25, 0.3) is 0 Å². The quantitative estimate of drug-likeness (QED) is 0.0753.